The minimum absolute atomic E-state index is 0. The number of carboxylic acids is 2. The number of carboxylic acid groups (broad SMARTS) is 2. The molecule has 2 aromatic rings. The Bertz CT molecular complexity index is 809. The number of carbonyl (C=O) groups is 2. The van der Waals surface area contributed by atoms with Crippen LogP contribution in [0.25, 0.3) is 0 Å². The Labute approximate surface area is 174 Å². The van der Waals surface area contributed by atoms with E-state index in [0.29, 0.717) is 11.1 Å². The Morgan fingerprint density at radius 1 is 0.556 bits per heavy atom. The SMILES string of the molecule is Cc1cc(C(=O)[O-])c(C)c(C)c1C.Cc1cc(C(=O)[O-])c(C)c(C)c1C.[Zn+2]. The Hall–Kier alpha value is -2.00. The first-order valence-electron chi connectivity index (χ1n) is 8.47. The summed E-state index contributed by atoms with van der Waals surface area (Å²) < 4.78 is 0. The number of carbonyl (C=O) groups excluding carboxylic acids is 2. The molecule has 0 saturated heterocycles. The van der Waals surface area contributed by atoms with Crippen molar-refractivity contribution in [1.29, 1.82) is 0 Å². The molecule has 0 radical (unpaired) electrons. The van der Waals surface area contributed by atoms with Crippen LogP contribution in [0.1, 0.15) is 65.2 Å². The largest absolute Gasteiger partial charge is 2.00 e. The van der Waals surface area contributed by atoms with Gasteiger partial charge >= 0.3 is 19.5 Å². The molecule has 0 aliphatic carbocycles. The van der Waals surface area contributed by atoms with E-state index in [4.69, 9.17) is 0 Å². The molecule has 0 amide bonds. The molecule has 0 saturated carbocycles. The fourth-order valence-electron chi connectivity index (χ4n) is 2.85. The second-order valence-electron chi connectivity index (χ2n) is 6.81. The molecule has 2 aromatic carbocycles. The van der Waals surface area contributed by atoms with E-state index in [1.54, 1.807) is 12.1 Å². The molecule has 0 aliphatic rings. The zero-order valence-electron chi connectivity index (χ0n) is 17.5. The summed E-state index contributed by atoms with van der Waals surface area (Å²) in [6.07, 6.45) is 0. The number of rotatable bonds is 2. The molecule has 5 heteroatoms. The van der Waals surface area contributed by atoms with Gasteiger partial charge in [0, 0.05) is 11.1 Å². The first-order chi connectivity index (χ1) is 11.9. The van der Waals surface area contributed by atoms with Crippen molar-refractivity contribution in [3.63, 3.8) is 0 Å². The topological polar surface area (TPSA) is 80.3 Å². The number of aryl methyl sites for hydroxylation is 2. The van der Waals surface area contributed by atoms with Gasteiger partial charge in [0.2, 0.25) is 0 Å². The molecule has 0 unspecified atom stereocenters. The van der Waals surface area contributed by atoms with Crippen LogP contribution in [0.5, 0.6) is 0 Å². The molecule has 0 heterocycles. The van der Waals surface area contributed by atoms with Crippen molar-refractivity contribution < 1.29 is 39.3 Å². The number of hydrogen-bond acceptors (Lipinski definition) is 4. The predicted octanol–water partition coefficient (Wildman–Crippen LogP) is 2.57. The zero-order valence-corrected chi connectivity index (χ0v) is 20.5. The van der Waals surface area contributed by atoms with E-state index in [-0.39, 0.29) is 19.5 Å². The van der Waals surface area contributed by atoms with Gasteiger partial charge in [-0.3, -0.25) is 0 Å². The average Bonchev–Trinajstić information content (AvgIpc) is 2.57. The van der Waals surface area contributed by atoms with E-state index < -0.39 is 11.9 Å². The minimum Gasteiger partial charge on any atom is -0.545 e. The average molecular weight is 420 g/mol. The van der Waals surface area contributed by atoms with Crippen molar-refractivity contribution in [2.45, 2.75) is 55.4 Å². The first kappa shape index (κ1) is 25.0. The third kappa shape index (κ3) is 5.49. The van der Waals surface area contributed by atoms with Crippen LogP contribution < -0.4 is 10.2 Å². The smallest absolute Gasteiger partial charge is 0.545 e. The quantitative estimate of drug-likeness (QED) is 0.701. The third-order valence-corrected chi connectivity index (χ3v) is 5.40. The maximum Gasteiger partial charge on any atom is 2.00 e. The molecule has 0 aromatic heterocycles. The van der Waals surface area contributed by atoms with Crippen LogP contribution in [0.2, 0.25) is 0 Å². The van der Waals surface area contributed by atoms with Crippen LogP contribution in [-0.2, 0) is 19.5 Å². The van der Waals surface area contributed by atoms with E-state index in [9.17, 15) is 19.8 Å². The molecule has 0 bridgehead atoms. The molecule has 0 atom stereocenters. The standard InChI is InChI=1S/2C11H14O2.Zn/c2*1-6-5-10(11(12)13)9(4)8(3)7(6)2;/h2*5H,1-4H3,(H,12,13);/q;;+2/p-2. The van der Waals surface area contributed by atoms with Crippen molar-refractivity contribution in [2.75, 3.05) is 0 Å². The summed E-state index contributed by atoms with van der Waals surface area (Å²) >= 11 is 0. The van der Waals surface area contributed by atoms with Crippen molar-refractivity contribution >= 4 is 11.9 Å². The molecule has 27 heavy (non-hydrogen) atoms. The van der Waals surface area contributed by atoms with Gasteiger partial charge < -0.3 is 19.8 Å². The Morgan fingerprint density at radius 2 is 0.815 bits per heavy atom. The van der Waals surface area contributed by atoms with E-state index in [2.05, 4.69) is 0 Å². The first-order valence-corrected chi connectivity index (χ1v) is 8.47. The third-order valence-electron chi connectivity index (χ3n) is 5.40. The number of aromatic carboxylic acids is 2. The normalized spacial score (nSPS) is 9.78. The van der Waals surface area contributed by atoms with Crippen LogP contribution in [-0.4, -0.2) is 11.9 Å². The van der Waals surface area contributed by atoms with Gasteiger partial charge in [-0.05, 0) is 112 Å². The zero-order chi connectivity index (χ0) is 20.3. The van der Waals surface area contributed by atoms with Crippen molar-refractivity contribution in [2.24, 2.45) is 0 Å². The summed E-state index contributed by atoms with van der Waals surface area (Å²) in [6, 6.07) is 3.35. The fourth-order valence-corrected chi connectivity index (χ4v) is 2.85. The van der Waals surface area contributed by atoms with Crippen molar-refractivity contribution in [3.05, 3.63) is 67.8 Å². The van der Waals surface area contributed by atoms with E-state index in [0.717, 1.165) is 44.5 Å². The van der Waals surface area contributed by atoms with Gasteiger partial charge in [0.1, 0.15) is 0 Å². The molecular weight excluding hydrogens is 394 g/mol. The summed E-state index contributed by atoms with van der Waals surface area (Å²) in [4.78, 5) is 21.5. The molecule has 0 fully saturated rings. The van der Waals surface area contributed by atoms with Crippen LogP contribution in [0.4, 0.5) is 0 Å². The van der Waals surface area contributed by atoms with Crippen LogP contribution in [0.3, 0.4) is 0 Å². The van der Waals surface area contributed by atoms with Crippen molar-refractivity contribution in [3.8, 4) is 0 Å². The van der Waals surface area contributed by atoms with Gasteiger partial charge in [-0.15, -0.1) is 0 Å². The maximum absolute atomic E-state index is 10.7. The van der Waals surface area contributed by atoms with E-state index in [1.165, 1.54) is 0 Å². The van der Waals surface area contributed by atoms with E-state index in [1.807, 2.05) is 55.4 Å². The van der Waals surface area contributed by atoms with E-state index >= 15 is 0 Å². The van der Waals surface area contributed by atoms with Crippen molar-refractivity contribution in [1.82, 2.24) is 0 Å². The van der Waals surface area contributed by atoms with Crippen LogP contribution in [0, 0.1) is 55.4 Å². The monoisotopic (exact) mass is 418 g/mol. The Kier molecular flexibility index (Phi) is 9.07. The summed E-state index contributed by atoms with van der Waals surface area (Å²) in [5.41, 5.74) is 8.63. The number of hydrogen-bond donors (Lipinski definition) is 0. The van der Waals surface area contributed by atoms with Gasteiger partial charge in [0.25, 0.3) is 0 Å². The summed E-state index contributed by atoms with van der Waals surface area (Å²) in [7, 11) is 0. The van der Waals surface area contributed by atoms with Gasteiger partial charge in [0.15, 0.2) is 0 Å². The maximum atomic E-state index is 10.7. The van der Waals surface area contributed by atoms with Gasteiger partial charge in [-0.25, -0.2) is 0 Å². The summed E-state index contributed by atoms with van der Waals surface area (Å²) in [5.74, 6) is -2.19. The molecule has 0 N–H and O–H groups in total. The van der Waals surface area contributed by atoms with Crippen LogP contribution >= 0.6 is 0 Å². The van der Waals surface area contributed by atoms with Crippen LogP contribution in [0.15, 0.2) is 12.1 Å². The fraction of sp³-hybridized carbons (Fsp3) is 0.364. The Balaban J connectivity index is 0.000000483. The summed E-state index contributed by atoms with van der Waals surface area (Å²) in [6.45, 7) is 15.3. The second kappa shape index (κ2) is 9.80. The molecular formula is C22H26O4Zn. The molecule has 4 nitrogen and oxygen atoms in total. The molecule has 2 rings (SSSR count). The minimum atomic E-state index is -1.09. The summed E-state index contributed by atoms with van der Waals surface area (Å²) in [5, 5.41) is 21.5. The molecule has 0 aliphatic heterocycles. The second-order valence-corrected chi connectivity index (χ2v) is 6.81. The Morgan fingerprint density at radius 3 is 1.04 bits per heavy atom. The molecule has 140 valence electrons. The van der Waals surface area contributed by atoms with Gasteiger partial charge in [0.05, 0.1) is 11.9 Å². The van der Waals surface area contributed by atoms with Gasteiger partial charge in [-0.2, -0.15) is 0 Å². The van der Waals surface area contributed by atoms with Gasteiger partial charge in [-0.1, -0.05) is 0 Å². The number of benzene rings is 2. The molecule has 0 spiro atoms. The predicted molar refractivity (Wildman–Crippen MR) is 99.4 cm³/mol.